The number of anilines is 1. The fourth-order valence-corrected chi connectivity index (χ4v) is 4.56. The summed E-state index contributed by atoms with van der Waals surface area (Å²) in [7, 11) is 1.59. The van der Waals surface area contributed by atoms with E-state index in [9.17, 15) is 18.0 Å². The van der Waals surface area contributed by atoms with Gasteiger partial charge in [0.25, 0.3) is 0 Å². The standard InChI is InChI=1S/C24H19F3N2O3S/c1-31-17-10-6-15(7-11-17)23-21(33-20-5-3-2-4-19(20)29-23)14-22(30)28-16-8-12-18(13-9-16)32-24(25,26)27/h2-13,21H,14H2,1H3,(H,28,30)/t21-/m1/s1. The molecule has 5 nitrogen and oxygen atoms in total. The van der Waals surface area contributed by atoms with Crippen molar-refractivity contribution in [2.24, 2.45) is 4.99 Å². The average Bonchev–Trinajstić information content (AvgIpc) is 2.79. The summed E-state index contributed by atoms with van der Waals surface area (Å²) in [5.74, 6) is 0.0851. The number of rotatable bonds is 6. The first-order valence-electron chi connectivity index (χ1n) is 9.95. The zero-order chi connectivity index (χ0) is 23.4. The van der Waals surface area contributed by atoms with Crippen molar-refractivity contribution in [1.29, 1.82) is 0 Å². The van der Waals surface area contributed by atoms with Crippen molar-refractivity contribution in [3.8, 4) is 11.5 Å². The number of carbonyl (C=O) groups excluding carboxylic acids is 1. The van der Waals surface area contributed by atoms with Crippen molar-refractivity contribution in [3.63, 3.8) is 0 Å². The third-order valence-corrected chi connectivity index (χ3v) is 6.08. The second-order valence-electron chi connectivity index (χ2n) is 7.12. The van der Waals surface area contributed by atoms with E-state index in [1.165, 1.54) is 12.1 Å². The van der Waals surface area contributed by atoms with E-state index in [2.05, 4.69) is 10.1 Å². The molecule has 33 heavy (non-hydrogen) atoms. The lowest BCUT2D eigenvalue weighted by atomic mass is 10.0. The van der Waals surface area contributed by atoms with E-state index in [-0.39, 0.29) is 23.3 Å². The Morgan fingerprint density at radius 3 is 2.33 bits per heavy atom. The van der Waals surface area contributed by atoms with Crippen LogP contribution in [0.15, 0.2) is 82.7 Å². The number of nitrogens with one attached hydrogen (secondary N) is 1. The second kappa shape index (κ2) is 9.58. The first kappa shape index (κ1) is 22.7. The van der Waals surface area contributed by atoms with Gasteiger partial charge in [-0.1, -0.05) is 12.1 Å². The molecule has 3 aromatic carbocycles. The predicted octanol–water partition coefficient (Wildman–Crippen LogP) is 6.22. The van der Waals surface area contributed by atoms with Gasteiger partial charge in [-0.15, -0.1) is 24.9 Å². The summed E-state index contributed by atoms with van der Waals surface area (Å²) in [5, 5.41) is 2.48. The third-order valence-electron chi connectivity index (χ3n) is 4.81. The Labute approximate surface area is 192 Å². The van der Waals surface area contributed by atoms with E-state index in [1.54, 1.807) is 18.9 Å². The Kier molecular flexibility index (Phi) is 6.60. The molecule has 0 bridgehead atoms. The fraction of sp³-hybridized carbons (Fsp3) is 0.167. The molecule has 0 saturated heterocycles. The molecule has 9 heteroatoms. The van der Waals surface area contributed by atoms with Gasteiger partial charge >= 0.3 is 6.36 Å². The monoisotopic (exact) mass is 472 g/mol. The number of carbonyl (C=O) groups is 1. The van der Waals surface area contributed by atoms with Gasteiger partial charge in [0.15, 0.2) is 0 Å². The topological polar surface area (TPSA) is 59.9 Å². The summed E-state index contributed by atoms with van der Waals surface area (Å²) in [6.45, 7) is 0. The summed E-state index contributed by atoms with van der Waals surface area (Å²) in [4.78, 5) is 18.6. The minimum Gasteiger partial charge on any atom is -0.497 e. The Morgan fingerprint density at radius 1 is 1.00 bits per heavy atom. The third kappa shape index (κ3) is 5.87. The molecule has 0 aliphatic carbocycles. The zero-order valence-corrected chi connectivity index (χ0v) is 18.2. The highest BCUT2D eigenvalue weighted by molar-refractivity contribution is 8.01. The molecular weight excluding hydrogens is 453 g/mol. The lowest BCUT2D eigenvalue weighted by Gasteiger charge is -2.24. The maximum atomic E-state index is 12.8. The van der Waals surface area contributed by atoms with Crippen LogP contribution in [0, 0.1) is 0 Å². The normalized spacial score (nSPS) is 15.3. The smallest absolute Gasteiger partial charge is 0.497 e. The van der Waals surface area contributed by atoms with Crippen molar-refractivity contribution >= 4 is 34.8 Å². The SMILES string of the molecule is COc1ccc(C2=Nc3ccccc3S[C@@H]2CC(=O)Nc2ccc(OC(F)(F)F)cc2)cc1. The molecule has 1 aliphatic rings. The van der Waals surface area contributed by atoms with Crippen LogP contribution in [-0.2, 0) is 4.79 Å². The van der Waals surface area contributed by atoms with E-state index in [1.807, 2.05) is 48.5 Å². The van der Waals surface area contributed by atoms with E-state index in [4.69, 9.17) is 9.73 Å². The van der Waals surface area contributed by atoms with Gasteiger partial charge in [0.05, 0.1) is 23.8 Å². The summed E-state index contributed by atoms with van der Waals surface area (Å²) >= 11 is 1.55. The fourth-order valence-electron chi connectivity index (χ4n) is 3.33. The van der Waals surface area contributed by atoms with Gasteiger partial charge in [-0.25, -0.2) is 0 Å². The first-order valence-corrected chi connectivity index (χ1v) is 10.8. The average molecular weight is 472 g/mol. The number of hydrogen-bond acceptors (Lipinski definition) is 5. The van der Waals surface area contributed by atoms with Gasteiger partial charge in [-0.3, -0.25) is 9.79 Å². The van der Waals surface area contributed by atoms with Crippen LogP contribution < -0.4 is 14.8 Å². The molecule has 0 aromatic heterocycles. The lowest BCUT2D eigenvalue weighted by molar-refractivity contribution is -0.274. The van der Waals surface area contributed by atoms with Crippen molar-refractivity contribution in [2.75, 3.05) is 12.4 Å². The Morgan fingerprint density at radius 2 is 1.67 bits per heavy atom. The molecule has 1 amide bonds. The quantitative estimate of drug-likeness (QED) is 0.463. The van der Waals surface area contributed by atoms with Crippen molar-refractivity contribution in [3.05, 3.63) is 78.4 Å². The van der Waals surface area contributed by atoms with E-state index >= 15 is 0 Å². The lowest BCUT2D eigenvalue weighted by Crippen LogP contribution is -2.27. The van der Waals surface area contributed by atoms with Crippen molar-refractivity contribution < 1.29 is 27.4 Å². The van der Waals surface area contributed by atoms with Gasteiger partial charge < -0.3 is 14.8 Å². The maximum absolute atomic E-state index is 12.8. The number of hydrogen-bond donors (Lipinski definition) is 1. The van der Waals surface area contributed by atoms with Gasteiger partial charge in [0.1, 0.15) is 11.5 Å². The molecule has 1 atom stereocenters. The molecule has 0 spiro atoms. The number of thioether (sulfide) groups is 1. The van der Waals surface area contributed by atoms with Gasteiger partial charge in [-0.2, -0.15) is 0 Å². The van der Waals surface area contributed by atoms with Crippen LogP contribution in [-0.4, -0.2) is 30.3 Å². The van der Waals surface area contributed by atoms with Crippen LogP contribution in [0.1, 0.15) is 12.0 Å². The minimum atomic E-state index is -4.77. The number of ether oxygens (including phenoxy) is 2. The molecule has 170 valence electrons. The number of halogens is 3. The molecule has 3 aromatic rings. The van der Waals surface area contributed by atoms with E-state index in [0.717, 1.165) is 39.7 Å². The highest BCUT2D eigenvalue weighted by atomic mass is 32.2. The largest absolute Gasteiger partial charge is 0.573 e. The summed E-state index contributed by atoms with van der Waals surface area (Å²) in [6.07, 6.45) is -4.64. The number of para-hydroxylation sites is 1. The number of nitrogens with zero attached hydrogens (tertiary/aromatic N) is 1. The number of alkyl halides is 3. The van der Waals surface area contributed by atoms with Crippen LogP contribution in [0.5, 0.6) is 11.5 Å². The number of methoxy groups -OCH3 is 1. The van der Waals surface area contributed by atoms with Crippen LogP contribution >= 0.6 is 11.8 Å². The second-order valence-corrected chi connectivity index (χ2v) is 8.37. The van der Waals surface area contributed by atoms with Gasteiger partial charge in [0.2, 0.25) is 5.91 Å². The first-order chi connectivity index (χ1) is 15.8. The molecule has 1 heterocycles. The minimum absolute atomic E-state index is 0.130. The highest BCUT2D eigenvalue weighted by Gasteiger charge is 2.31. The highest BCUT2D eigenvalue weighted by Crippen LogP contribution is 2.40. The van der Waals surface area contributed by atoms with Crippen molar-refractivity contribution in [2.45, 2.75) is 22.9 Å². The van der Waals surface area contributed by atoms with Crippen LogP contribution in [0.2, 0.25) is 0 Å². The van der Waals surface area contributed by atoms with E-state index in [0.29, 0.717) is 5.69 Å². The predicted molar refractivity (Wildman–Crippen MR) is 122 cm³/mol. The van der Waals surface area contributed by atoms with Gasteiger partial charge in [0, 0.05) is 17.0 Å². The molecule has 0 fully saturated rings. The molecule has 4 rings (SSSR count). The van der Waals surface area contributed by atoms with Crippen LogP contribution in [0.3, 0.4) is 0 Å². The molecule has 1 N–H and O–H groups in total. The van der Waals surface area contributed by atoms with Gasteiger partial charge in [-0.05, 0) is 66.2 Å². The molecule has 0 radical (unpaired) electrons. The Hall–Kier alpha value is -3.46. The molecule has 0 saturated carbocycles. The molecule has 1 aliphatic heterocycles. The van der Waals surface area contributed by atoms with Crippen LogP contribution in [0.25, 0.3) is 0 Å². The van der Waals surface area contributed by atoms with E-state index < -0.39 is 6.36 Å². The number of benzene rings is 3. The van der Waals surface area contributed by atoms with Crippen LogP contribution in [0.4, 0.5) is 24.5 Å². The zero-order valence-electron chi connectivity index (χ0n) is 17.4. The summed E-state index contributed by atoms with van der Waals surface area (Å²) in [6, 6.07) is 20.2. The number of fused-ring (bicyclic) bond motifs is 1. The Bertz CT molecular complexity index is 1160. The summed E-state index contributed by atoms with van der Waals surface area (Å²) in [5.41, 5.74) is 2.86. The Balaban J connectivity index is 1.51. The summed E-state index contributed by atoms with van der Waals surface area (Å²) < 4.78 is 46.1. The number of aliphatic imine (C=N–C) groups is 1. The number of amides is 1. The maximum Gasteiger partial charge on any atom is 0.573 e. The molecule has 0 unspecified atom stereocenters. The van der Waals surface area contributed by atoms with Crippen molar-refractivity contribution in [1.82, 2.24) is 0 Å². The molecular formula is C24H19F3N2O3S.